The molecule has 2 amide bonds. The number of phenolic OH excluding ortho intramolecular Hbond substituents is 1. The number of hydrogen-bond donors (Lipinski definition) is 3. The first-order chi connectivity index (χ1) is 16.1. The highest BCUT2D eigenvalue weighted by molar-refractivity contribution is 5.85. The van der Waals surface area contributed by atoms with Gasteiger partial charge in [0, 0.05) is 12.5 Å². The molecule has 0 saturated heterocycles. The Morgan fingerprint density at radius 2 is 1.55 bits per heavy atom. The van der Waals surface area contributed by atoms with Crippen LogP contribution in [-0.4, -0.2) is 36.8 Å². The maximum absolute atomic E-state index is 12.5. The Labute approximate surface area is 191 Å². The molecule has 0 fully saturated rings. The van der Waals surface area contributed by atoms with Crippen molar-refractivity contribution >= 4 is 12.0 Å². The van der Waals surface area contributed by atoms with E-state index in [0.717, 1.165) is 22.3 Å². The minimum atomic E-state index is -0.737. The fourth-order valence-electron chi connectivity index (χ4n) is 4.15. The van der Waals surface area contributed by atoms with Crippen molar-refractivity contribution in [1.82, 2.24) is 10.6 Å². The average molecular weight is 441 g/mol. The topological polar surface area (TPSA) is 111 Å². The van der Waals surface area contributed by atoms with Crippen molar-refractivity contribution in [2.75, 3.05) is 19.7 Å². The highest BCUT2D eigenvalue weighted by Crippen LogP contribution is 2.44. The summed E-state index contributed by atoms with van der Waals surface area (Å²) in [6.07, 6.45) is -0.631. The minimum Gasteiger partial charge on any atom is -0.508 e. The molecule has 1 atom stereocenters. The van der Waals surface area contributed by atoms with E-state index in [1.165, 1.54) is 12.1 Å². The quantitative estimate of drug-likeness (QED) is 0.485. The fraction of sp³-hybridized carbons (Fsp3) is 0.192. The van der Waals surface area contributed by atoms with E-state index >= 15 is 0 Å². The lowest BCUT2D eigenvalue weighted by Gasteiger charge is -2.18. The van der Waals surface area contributed by atoms with Gasteiger partial charge in [0.2, 0.25) is 5.91 Å². The molecule has 1 aliphatic rings. The summed E-state index contributed by atoms with van der Waals surface area (Å²) in [6, 6.07) is 24.1. The first kappa shape index (κ1) is 21.9. The zero-order chi connectivity index (χ0) is 23.2. The van der Waals surface area contributed by atoms with Gasteiger partial charge in [-0.3, -0.25) is 4.79 Å². The molecule has 3 aromatic carbocycles. The van der Waals surface area contributed by atoms with Crippen LogP contribution < -0.4 is 10.6 Å². The van der Waals surface area contributed by atoms with Gasteiger partial charge in [-0.1, -0.05) is 60.7 Å². The third kappa shape index (κ3) is 4.80. The van der Waals surface area contributed by atoms with E-state index in [9.17, 15) is 14.7 Å². The highest BCUT2D eigenvalue weighted by Gasteiger charge is 2.29. The Morgan fingerprint density at radius 3 is 2.15 bits per heavy atom. The first-order valence-electron chi connectivity index (χ1n) is 10.6. The second kappa shape index (κ2) is 9.88. The van der Waals surface area contributed by atoms with Gasteiger partial charge >= 0.3 is 6.09 Å². The summed E-state index contributed by atoms with van der Waals surface area (Å²) in [7, 11) is 0. The number of aromatic hydroxyl groups is 1. The molecule has 0 aliphatic heterocycles. The monoisotopic (exact) mass is 441 g/mol. The number of benzene rings is 3. The Hall–Kier alpha value is -4.31. The van der Waals surface area contributed by atoms with Gasteiger partial charge in [-0.2, -0.15) is 5.26 Å². The van der Waals surface area contributed by atoms with Crippen molar-refractivity contribution in [3.63, 3.8) is 0 Å². The molecule has 1 unspecified atom stereocenters. The lowest BCUT2D eigenvalue weighted by atomic mass is 9.98. The number of nitrogens with one attached hydrogen (secondary N) is 2. The van der Waals surface area contributed by atoms with Crippen LogP contribution in [0.5, 0.6) is 5.75 Å². The summed E-state index contributed by atoms with van der Waals surface area (Å²) in [5, 5.41) is 23.4. The van der Waals surface area contributed by atoms with Crippen LogP contribution in [0, 0.1) is 11.3 Å². The summed E-state index contributed by atoms with van der Waals surface area (Å²) < 4.78 is 5.53. The lowest BCUT2D eigenvalue weighted by molar-refractivity contribution is -0.122. The van der Waals surface area contributed by atoms with Crippen molar-refractivity contribution in [3.8, 4) is 22.9 Å². The zero-order valence-electron chi connectivity index (χ0n) is 17.8. The number of rotatable bonds is 7. The van der Waals surface area contributed by atoms with Crippen LogP contribution in [0.3, 0.4) is 0 Å². The predicted molar refractivity (Wildman–Crippen MR) is 123 cm³/mol. The summed E-state index contributed by atoms with van der Waals surface area (Å²) >= 11 is 0. The van der Waals surface area contributed by atoms with E-state index in [4.69, 9.17) is 10.00 Å². The van der Waals surface area contributed by atoms with Gasteiger partial charge in [0.1, 0.15) is 18.9 Å². The standard InChI is InChI=1S/C26H23N3O4/c27-13-14-28-25(31)23(17-9-11-18(30)12-10-17)15-29-26(32)33-16-24-21-7-3-1-5-19(21)20-6-2-4-8-22(20)24/h1-12,23-24,30H,14-16H2,(H,28,31)(H,29,32). The van der Waals surface area contributed by atoms with Gasteiger partial charge < -0.3 is 20.5 Å². The molecule has 0 aromatic heterocycles. The minimum absolute atomic E-state index is 0.0152. The fourth-order valence-corrected chi connectivity index (χ4v) is 4.15. The van der Waals surface area contributed by atoms with E-state index in [2.05, 4.69) is 22.8 Å². The number of carbonyl (C=O) groups excluding carboxylic acids is 2. The Kier molecular flexibility index (Phi) is 6.56. The van der Waals surface area contributed by atoms with Crippen LogP contribution >= 0.6 is 0 Å². The summed E-state index contributed by atoms with van der Waals surface area (Å²) in [6.45, 7) is 0.0153. The van der Waals surface area contributed by atoms with Gasteiger partial charge in [-0.15, -0.1) is 0 Å². The van der Waals surface area contributed by atoms with Crippen LogP contribution in [0.25, 0.3) is 11.1 Å². The van der Waals surface area contributed by atoms with Gasteiger partial charge in [0.25, 0.3) is 0 Å². The second-order valence-electron chi connectivity index (χ2n) is 7.73. The largest absolute Gasteiger partial charge is 0.508 e. The molecule has 7 heteroatoms. The third-order valence-electron chi connectivity index (χ3n) is 5.75. The Bertz CT molecular complexity index is 1160. The smallest absolute Gasteiger partial charge is 0.407 e. The number of ether oxygens (including phenoxy) is 1. The second-order valence-corrected chi connectivity index (χ2v) is 7.73. The highest BCUT2D eigenvalue weighted by atomic mass is 16.5. The SMILES string of the molecule is N#CCNC(=O)C(CNC(=O)OCC1c2ccccc2-c2ccccc21)c1ccc(O)cc1. The van der Waals surface area contributed by atoms with E-state index < -0.39 is 17.9 Å². The Balaban J connectivity index is 1.41. The molecule has 7 nitrogen and oxygen atoms in total. The molecule has 1 aliphatic carbocycles. The molecule has 4 rings (SSSR count). The van der Waals surface area contributed by atoms with Crippen molar-refractivity contribution in [2.45, 2.75) is 11.8 Å². The van der Waals surface area contributed by atoms with Crippen LogP contribution in [0.2, 0.25) is 0 Å². The third-order valence-corrected chi connectivity index (χ3v) is 5.75. The number of hydrogen-bond acceptors (Lipinski definition) is 5. The van der Waals surface area contributed by atoms with E-state index in [1.54, 1.807) is 12.1 Å². The first-order valence-corrected chi connectivity index (χ1v) is 10.6. The van der Waals surface area contributed by atoms with Gasteiger partial charge in [-0.25, -0.2) is 4.79 Å². The van der Waals surface area contributed by atoms with Gasteiger partial charge in [0.15, 0.2) is 0 Å². The van der Waals surface area contributed by atoms with Crippen LogP contribution in [0.15, 0.2) is 72.8 Å². The van der Waals surface area contributed by atoms with Crippen LogP contribution in [0.1, 0.15) is 28.5 Å². The van der Waals surface area contributed by atoms with E-state index in [-0.39, 0.29) is 31.4 Å². The van der Waals surface area contributed by atoms with E-state index in [0.29, 0.717) is 5.56 Å². The maximum Gasteiger partial charge on any atom is 0.407 e. The number of phenols is 1. The molecule has 0 radical (unpaired) electrons. The molecule has 166 valence electrons. The molecule has 3 aromatic rings. The zero-order valence-corrected chi connectivity index (χ0v) is 17.8. The van der Waals surface area contributed by atoms with Crippen LogP contribution in [-0.2, 0) is 9.53 Å². The number of nitrogens with zero attached hydrogens (tertiary/aromatic N) is 1. The number of nitriles is 1. The lowest BCUT2D eigenvalue weighted by Crippen LogP contribution is -2.38. The van der Waals surface area contributed by atoms with Crippen molar-refractivity contribution in [2.24, 2.45) is 0 Å². The molecule has 3 N–H and O–H groups in total. The summed E-state index contributed by atoms with van der Waals surface area (Å²) in [5.74, 6) is -1.13. The molecule has 33 heavy (non-hydrogen) atoms. The van der Waals surface area contributed by atoms with Crippen molar-refractivity contribution in [3.05, 3.63) is 89.5 Å². The number of carbonyl (C=O) groups is 2. The molecule has 0 spiro atoms. The molecule has 0 heterocycles. The average Bonchev–Trinajstić information content (AvgIpc) is 3.16. The predicted octanol–water partition coefficient (Wildman–Crippen LogP) is 3.65. The maximum atomic E-state index is 12.5. The Morgan fingerprint density at radius 1 is 0.939 bits per heavy atom. The van der Waals surface area contributed by atoms with Crippen LogP contribution in [0.4, 0.5) is 4.79 Å². The molecule has 0 saturated carbocycles. The molecular formula is C26H23N3O4. The summed E-state index contributed by atoms with van der Waals surface area (Å²) in [4.78, 5) is 25.0. The number of fused-ring (bicyclic) bond motifs is 3. The molecule has 0 bridgehead atoms. The van der Waals surface area contributed by atoms with E-state index in [1.807, 2.05) is 42.5 Å². The number of alkyl carbamates (subject to hydrolysis) is 1. The number of amides is 2. The van der Waals surface area contributed by atoms with Gasteiger partial charge in [0.05, 0.1) is 12.0 Å². The van der Waals surface area contributed by atoms with Crippen molar-refractivity contribution in [1.29, 1.82) is 5.26 Å². The van der Waals surface area contributed by atoms with Gasteiger partial charge in [-0.05, 0) is 39.9 Å². The normalized spacial score (nSPS) is 12.7. The molecular weight excluding hydrogens is 418 g/mol. The summed E-state index contributed by atoms with van der Waals surface area (Å²) in [5.41, 5.74) is 5.11. The van der Waals surface area contributed by atoms with Crippen molar-refractivity contribution < 1.29 is 19.4 Å².